The van der Waals surface area contributed by atoms with Gasteiger partial charge in [-0.2, -0.15) is 0 Å². The van der Waals surface area contributed by atoms with Crippen molar-refractivity contribution in [2.75, 3.05) is 30.3 Å². The first kappa shape index (κ1) is 98.3. The largest absolute Gasteiger partial charge is 0.394 e. The number of halogens is 1. The summed E-state index contributed by atoms with van der Waals surface area (Å²) in [6.45, 7) is 12.2. The molecule has 1 aliphatic heterocycles. The highest BCUT2D eigenvalue weighted by molar-refractivity contribution is 6.30. The van der Waals surface area contributed by atoms with Gasteiger partial charge in [0.25, 0.3) is 0 Å². The van der Waals surface area contributed by atoms with Crippen LogP contribution in [0.4, 0.5) is 11.4 Å². The number of anilines is 2. The quantitative estimate of drug-likeness (QED) is 0.0183. The van der Waals surface area contributed by atoms with E-state index in [1.54, 1.807) is 63.2 Å². The molecule has 0 saturated carbocycles. The number of nitrogens with zero attached hydrogens (tertiary/aromatic N) is 2. The molecule has 6 aromatic rings. The van der Waals surface area contributed by atoms with Gasteiger partial charge in [-0.15, -0.1) is 0 Å². The van der Waals surface area contributed by atoms with Gasteiger partial charge in [0.2, 0.25) is 94.5 Å². The number of aromatic nitrogens is 1. The van der Waals surface area contributed by atoms with E-state index in [4.69, 9.17) is 28.8 Å². The molecule has 1 saturated heterocycles. The van der Waals surface area contributed by atoms with Crippen LogP contribution in [0.3, 0.4) is 0 Å². The fourth-order valence-electron chi connectivity index (χ4n) is 13.9. The molecule has 0 unspecified atom stereocenters. The molecule has 16 amide bonds. The first-order chi connectivity index (χ1) is 58.9. The van der Waals surface area contributed by atoms with Crippen LogP contribution in [0.2, 0.25) is 5.02 Å². The van der Waals surface area contributed by atoms with Crippen LogP contribution in [-0.4, -0.2) is 208 Å². The molecule has 1 fully saturated rings. The van der Waals surface area contributed by atoms with Crippen LogP contribution < -0.4 is 91.6 Å². The Labute approximate surface area is 723 Å². The normalized spacial score (nSPS) is 15.0. The zero-order valence-electron chi connectivity index (χ0n) is 70.7. The summed E-state index contributed by atoms with van der Waals surface area (Å²) in [5.41, 5.74) is 19.1. The summed E-state index contributed by atoms with van der Waals surface area (Å²) < 4.78 is 0. The molecule has 36 nitrogen and oxygen atoms in total. The number of hydrogen-bond acceptors (Lipinski definition) is 20. The van der Waals surface area contributed by atoms with Crippen molar-refractivity contribution in [2.24, 2.45) is 23.1 Å². The molecule has 0 spiro atoms. The molecule has 5 aromatic carbocycles. The van der Waals surface area contributed by atoms with E-state index in [-0.39, 0.29) is 67.5 Å². The number of primary amides is 2. The second-order valence-electron chi connectivity index (χ2n) is 31.5. The van der Waals surface area contributed by atoms with E-state index in [9.17, 15) is 53.1 Å². The third-order valence-corrected chi connectivity index (χ3v) is 20.2. The van der Waals surface area contributed by atoms with Crippen molar-refractivity contribution in [3.63, 3.8) is 0 Å². The number of likely N-dealkylation sites (tertiary alicyclic amines) is 1. The van der Waals surface area contributed by atoms with Gasteiger partial charge in [0.15, 0.2) is 0 Å². The summed E-state index contributed by atoms with van der Waals surface area (Å²) in [5, 5.41) is 51.0. The van der Waals surface area contributed by atoms with Crippen molar-refractivity contribution >= 4 is 128 Å². The van der Waals surface area contributed by atoms with Crippen LogP contribution in [0, 0.1) is 5.92 Å². The van der Waals surface area contributed by atoms with Gasteiger partial charge in [-0.3, -0.25) is 81.7 Å². The lowest BCUT2D eigenvalue weighted by Crippen LogP contribution is -2.62. The number of nitrogens with two attached hydrogens (primary N) is 3. The molecule has 124 heavy (non-hydrogen) atoms. The SMILES string of the molecule is CC(=O)N[C@@H](CC(N)=O)C(=O)Nc1ccc(C[C@H](NC(=O)[C@H](CO)NC(=O)[C@@H](Cc2cccnc2)NC(=O)[C@@H](Cc2ccc(Cl)cc2)NC(=O)[C@@H](Cc2ccc3ccccc3c2)NC(C)=O)C(=O)N[C@H](Cc2ccc(NC(=O)[C@@H](CC(N)=O)NC(C)=O)cc2)C(=O)N[C@@H](CC(C)C)C(=O)N[C@@H](CCCCNC(C)C)C(=O)N2CCC[C@H]2C(=O)N[C@H](C)N)cc1. The first-order valence-corrected chi connectivity index (χ1v) is 41.4. The number of carbonyl (C=O) groups is 16. The average Bonchev–Trinajstić information content (AvgIpc) is 1.51. The predicted octanol–water partition coefficient (Wildman–Crippen LogP) is 0.556. The van der Waals surface area contributed by atoms with Crippen LogP contribution in [0.5, 0.6) is 0 Å². The summed E-state index contributed by atoms with van der Waals surface area (Å²) in [5.74, 6) is -13.5. The van der Waals surface area contributed by atoms with Gasteiger partial charge in [0.05, 0.1) is 25.6 Å². The molecular formula is C87H114ClN19O17. The molecule has 0 aliphatic carbocycles. The van der Waals surface area contributed by atoms with E-state index in [0.717, 1.165) is 24.6 Å². The summed E-state index contributed by atoms with van der Waals surface area (Å²) in [7, 11) is 0. The molecule has 2 heterocycles. The molecule has 21 N–H and O–H groups in total. The fraction of sp³-hybridized carbons (Fsp3) is 0.437. The fourth-order valence-corrected chi connectivity index (χ4v) is 14.1. The summed E-state index contributed by atoms with van der Waals surface area (Å²) in [4.78, 5) is 228. The van der Waals surface area contributed by atoms with Crippen LogP contribution in [0.1, 0.15) is 135 Å². The smallest absolute Gasteiger partial charge is 0.247 e. The highest BCUT2D eigenvalue weighted by Gasteiger charge is 2.41. The second-order valence-corrected chi connectivity index (χ2v) is 31.9. The molecule has 0 radical (unpaired) electrons. The van der Waals surface area contributed by atoms with Gasteiger partial charge in [0.1, 0.15) is 66.5 Å². The van der Waals surface area contributed by atoms with Crippen molar-refractivity contribution < 1.29 is 81.8 Å². The monoisotopic (exact) mass is 1730 g/mol. The molecule has 37 heteroatoms. The van der Waals surface area contributed by atoms with Crippen LogP contribution in [0.15, 0.2) is 140 Å². The number of aliphatic hydroxyl groups excluding tert-OH is 1. The van der Waals surface area contributed by atoms with Crippen molar-refractivity contribution in [3.05, 3.63) is 173 Å². The van der Waals surface area contributed by atoms with E-state index < -0.39 is 199 Å². The minimum atomic E-state index is -1.96. The van der Waals surface area contributed by atoms with E-state index in [2.05, 4.69) is 79.4 Å². The number of rotatable bonds is 47. The van der Waals surface area contributed by atoms with Crippen LogP contribution in [0.25, 0.3) is 10.8 Å². The maximum absolute atomic E-state index is 15.6. The number of hydrogen-bond donors (Lipinski definition) is 18. The topological polar surface area (TPSA) is 556 Å². The Morgan fingerprint density at radius 2 is 0.863 bits per heavy atom. The van der Waals surface area contributed by atoms with E-state index in [0.29, 0.717) is 59.5 Å². The predicted molar refractivity (Wildman–Crippen MR) is 462 cm³/mol. The highest BCUT2D eigenvalue weighted by atomic mass is 35.5. The number of unbranched alkanes of at least 4 members (excludes halogenated alkanes) is 1. The molecule has 1 aliphatic rings. The lowest BCUT2D eigenvalue weighted by atomic mass is 9.99. The van der Waals surface area contributed by atoms with Gasteiger partial charge in [-0.05, 0) is 139 Å². The Balaban J connectivity index is 1.25. The third-order valence-electron chi connectivity index (χ3n) is 20.0. The van der Waals surface area contributed by atoms with Gasteiger partial charge in [0, 0.05) is 94.3 Å². The average molecular weight is 1730 g/mol. The Kier molecular flexibility index (Phi) is 38.6. The molecule has 7 rings (SSSR count). The van der Waals surface area contributed by atoms with Crippen molar-refractivity contribution in [3.8, 4) is 0 Å². The summed E-state index contributed by atoms with van der Waals surface area (Å²) >= 11 is 6.28. The number of carbonyl (C=O) groups excluding carboxylic acids is 16. The van der Waals surface area contributed by atoms with Gasteiger partial charge < -0.3 is 102 Å². The van der Waals surface area contributed by atoms with E-state index in [1.165, 1.54) is 72.7 Å². The number of pyridine rings is 1. The Morgan fingerprint density at radius 1 is 0.452 bits per heavy atom. The number of fused-ring (bicyclic) bond motifs is 1. The summed E-state index contributed by atoms with van der Waals surface area (Å²) in [6.07, 6.45) is 1.48. The molecule has 1 aromatic heterocycles. The number of nitrogens with one attached hydrogen (secondary N) is 14. The molecule has 12 atom stereocenters. The molecule has 0 bridgehead atoms. The lowest BCUT2D eigenvalue weighted by molar-refractivity contribution is -0.142. The van der Waals surface area contributed by atoms with Gasteiger partial charge >= 0.3 is 0 Å². The third kappa shape index (κ3) is 32.9. The van der Waals surface area contributed by atoms with Gasteiger partial charge in [-0.1, -0.05) is 124 Å². The van der Waals surface area contributed by atoms with E-state index >= 15 is 28.8 Å². The standard InChI is InChI=1S/C87H114ClN19O17/c1-48(2)37-65(79(116)100-64(18-11-12-35-93-49(3)4)87(124)107-36-14-19-74(107)86(123)94-50(5)89)101-81(118)68(40-55-23-30-62(31-24-55)98-77(114)71(44-75(90)112)96-52(7)110)103-83(120)69(41-56-25-32-63(33-26-56)99-78(115)72(45-76(91)113)97-53(8)111)105-85(122)73(47-108)106-84(121)70(43-58-15-13-34-92-46-58)104-82(119)67(39-54-21-28-61(88)29-22-54)102-80(117)66(95-51(6)109)42-57-20-27-59-16-9-10-17-60(59)38-57/h9-10,13,15-17,20-34,38,46,48-50,64-74,93,108H,11-12,14,18-19,35-37,39-45,47,89H2,1-8H3,(H2,90,112)(H2,91,113)(H,94,123)(H,95,109)(H,96,110)(H,97,111)(H,98,114)(H,99,115)(H,100,116)(H,101,118)(H,102,117)(H,103,120)(H,104,119)(H,105,122)(H,106,121)/t50-,64+,65+,66-,67-,68-,69+,70-,71-,72+,73+,74+/m1/s1. The van der Waals surface area contributed by atoms with Crippen molar-refractivity contribution in [1.82, 2.24) is 73.7 Å². The van der Waals surface area contributed by atoms with E-state index in [1.807, 2.05) is 50.2 Å². The van der Waals surface area contributed by atoms with Crippen LogP contribution in [-0.2, 0) is 109 Å². The zero-order valence-corrected chi connectivity index (χ0v) is 71.4. The number of benzene rings is 5. The molecular weight excluding hydrogens is 1620 g/mol. The number of aliphatic hydroxyl groups is 1. The number of amides is 16. The maximum Gasteiger partial charge on any atom is 0.247 e. The minimum Gasteiger partial charge on any atom is -0.394 e. The lowest BCUT2D eigenvalue weighted by Gasteiger charge is -2.31. The first-order valence-electron chi connectivity index (χ1n) is 41.0. The highest BCUT2D eigenvalue weighted by Crippen LogP contribution is 2.24. The Hall–Kier alpha value is -12.8. The van der Waals surface area contributed by atoms with Crippen LogP contribution >= 0.6 is 11.6 Å². The van der Waals surface area contributed by atoms with Crippen molar-refractivity contribution in [2.45, 2.75) is 218 Å². The Morgan fingerprint density at radius 3 is 1.31 bits per heavy atom. The minimum absolute atomic E-state index is 0.00890. The molecule has 666 valence electrons. The van der Waals surface area contributed by atoms with Gasteiger partial charge in [-0.25, -0.2) is 0 Å². The second kappa shape index (κ2) is 48.7. The van der Waals surface area contributed by atoms with Crippen molar-refractivity contribution in [1.29, 1.82) is 0 Å². The Bertz CT molecular complexity index is 4700. The summed E-state index contributed by atoms with van der Waals surface area (Å²) in [6, 6.07) is 18.0. The zero-order chi connectivity index (χ0) is 90.9. The maximum atomic E-state index is 15.6.